The van der Waals surface area contributed by atoms with Crippen LogP contribution in [-0.4, -0.2) is 40.0 Å². The van der Waals surface area contributed by atoms with E-state index in [9.17, 15) is 5.11 Å². The second kappa shape index (κ2) is 12.4. The third-order valence-electron chi connectivity index (χ3n) is 7.08. The van der Waals surface area contributed by atoms with E-state index < -0.39 is 24.1 Å². The van der Waals surface area contributed by atoms with Crippen LogP contribution in [0.15, 0.2) is 103 Å². The van der Waals surface area contributed by atoms with E-state index in [4.69, 9.17) is 24.7 Å². The fraction of sp³-hybridized carbons (Fsp3) is 0.250. The minimum atomic E-state index is -1.87. The van der Waals surface area contributed by atoms with Gasteiger partial charge >= 0.3 is 0 Å². The minimum absolute atomic E-state index is 0.183. The molecule has 0 saturated carbocycles. The third-order valence-corrected chi connectivity index (χ3v) is 8.16. The van der Waals surface area contributed by atoms with Crippen molar-refractivity contribution in [2.75, 3.05) is 12.3 Å². The minimum Gasteiger partial charge on any atom is -0.383 e. The average molecular weight is 570 g/mol. The van der Waals surface area contributed by atoms with Gasteiger partial charge in [-0.05, 0) is 16.7 Å². The van der Waals surface area contributed by atoms with Gasteiger partial charge in [0, 0.05) is 5.38 Å². The van der Waals surface area contributed by atoms with Gasteiger partial charge in [0.2, 0.25) is 5.79 Å². The van der Waals surface area contributed by atoms with Gasteiger partial charge in [0.25, 0.3) is 0 Å². The number of benzene rings is 3. The molecule has 5 aromatic rings. The molecule has 4 atom stereocenters. The summed E-state index contributed by atoms with van der Waals surface area (Å²) in [6.45, 7) is 1.14. The smallest absolute Gasteiger partial charge is 0.234 e. The van der Waals surface area contributed by atoms with Crippen molar-refractivity contribution in [3.05, 3.63) is 124 Å². The first-order valence-electron chi connectivity index (χ1n) is 13.4. The highest BCUT2D eigenvalue weighted by Crippen LogP contribution is 2.46. The molecule has 3 heterocycles. The number of anilines is 1. The van der Waals surface area contributed by atoms with Crippen molar-refractivity contribution in [2.24, 2.45) is 0 Å². The van der Waals surface area contributed by atoms with Crippen LogP contribution in [0, 0.1) is 0 Å². The summed E-state index contributed by atoms with van der Waals surface area (Å²) in [6, 6.07) is 29.6. The molecule has 41 heavy (non-hydrogen) atoms. The largest absolute Gasteiger partial charge is 0.383 e. The number of fused-ring (bicyclic) bond motifs is 1. The highest BCUT2D eigenvalue weighted by Gasteiger charge is 2.58. The second-order valence-electron chi connectivity index (χ2n) is 9.92. The number of aliphatic hydroxyl groups is 1. The van der Waals surface area contributed by atoms with E-state index in [1.807, 2.05) is 96.4 Å². The Kier molecular flexibility index (Phi) is 8.33. The van der Waals surface area contributed by atoms with Crippen LogP contribution in [0.4, 0.5) is 5.82 Å². The van der Waals surface area contributed by atoms with Gasteiger partial charge in [-0.1, -0.05) is 91.0 Å². The number of rotatable bonds is 11. The zero-order valence-electron chi connectivity index (χ0n) is 22.3. The van der Waals surface area contributed by atoms with Gasteiger partial charge in [-0.3, -0.25) is 0 Å². The molecule has 1 unspecified atom stereocenters. The molecular formula is C32H31N3O5S. The Morgan fingerprint density at radius 3 is 2.02 bits per heavy atom. The van der Waals surface area contributed by atoms with Crippen LogP contribution in [-0.2, 0) is 44.6 Å². The van der Waals surface area contributed by atoms with Crippen LogP contribution in [0.5, 0.6) is 0 Å². The summed E-state index contributed by atoms with van der Waals surface area (Å²) < 4.78 is 25.5. The summed E-state index contributed by atoms with van der Waals surface area (Å²) in [5.41, 5.74) is 9.64. The van der Waals surface area contributed by atoms with Crippen LogP contribution in [0.2, 0.25) is 0 Å². The molecule has 0 spiro atoms. The van der Waals surface area contributed by atoms with Crippen LogP contribution < -0.4 is 5.73 Å². The predicted octanol–water partition coefficient (Wildman–Crippen LogP) is 5.21. The van der Waals surface area contributed by atoms with Crippen molar-refractivity contribution in [1.29, 1.82) is 0 Å². The number of aromatic nitrogens is 2. The van der Waals surface area contributed by atoms with Crippen molar-refractivity contribution < 1.29 is 24.1 Å². The molecule has 1 aliphatic rings. The maximum atomic E-state index is 12.4. The molecule has 1 saturated heterocycles. The van der Waals surface area contributed by atoms with E-state index in [1.54, 1.807) is 0 Å². The number of ether oxygens (including phenoxy) is 4. The zero-order chi connectivity index (χ0) is 28.1. The van der Waals surface area contributed by atoms with Gasteiger partial charge < -0.3 is 29.8 Å². The molecule has 9 heteroatoms. The molecule has 210 valence electrons. The molecule has 3 N–H and O–H groups in total. The van der Waals surface area contributed by atoms with Crippen molar-refractivity contribution in [3.8, 4) is 0 Å². The maximum Gasteiger partial charge on any atom is 0.234 e. The molecule has 0 radical (unpaired) electrons. The van der Waals surface area contributed by atoms with Crippen molar-refractivity contribution in [1.82, 2.24) is 9.97 Å². The quantitative estimate of drug-likeness (QED) is 0.223. The summed E-state index contributed by atoms with van der Waals surface area (Å²) in [5, 5.41) is 14.8. The first-order valence-corrected chi connectivity index (χ1v) is 14.3. The Morgan fingerprint density at radius 1 is 0.805 bits per heavy atom. The lowest BCUT2D eigenvalue weighted by Crippen LogP contribution is -2.44. The lowest BCUT2D eigenvalue weighted by Gasteiger charge is -2.30. The first-order chi connectivity index (χ1) is 20.1. The summed E-state index contributed by atoms with van der Waals surface area (Å²) in [7, 11) is 0. The lowest BCUT2D eigenvalue weighted by molar-refractivity contribution is -0.250. The van der Waals surface area contributed by atoms with Crippen molar-refractivity contribution in [2.45, 2.75) is 43.9 Å². The Bertz CT molecular complexity index is 1550. The highest BCUT2D eigenvalue weighted by molar-refractivity contribution is 7.11. The van der Waals surface area contributed by atoms with E-state index >= 15 is 0 Å². The number of nitrogen functional groups attached to an aromatic ring is 1. The molecule has 0 amide bonds. The molecule has 0 bridgehead atoms. The van der Waals surface area contributed by atoms with E-state index in [-0.39, 0.29) is 13.2 Å². The average Bonchev–Trinajstić information content (AvgIpc) is 3.57. The van der Waals surface area contributed by atoms with Gasteiger partial charge in [-0.2, -0.15) is 0 Å². The fourth-order valence-corrected chi connectivity index (χ4v) is 6.10. The number of nitrogens with zero attached hydrogens (tertiary/aromatic N) is 2. The molecule has 2 aromatic heterocycles. The fourth-order valence-electron chi connectivity index (χ4n) is 5.02. The number of thiophene rings is 1. The van der Waals surface area contributed by atoms with E-state index in [2.05, 4.69) is 9.97 Å². The second-order valence-corrected chi connectivity index (χ2v) is 10.8. The summed E-state index contributed by atoms with van der Waals surface area (Å²) in [5.74, 6) is -1.54. The number of hydrogen-bond donors (Lipinski definition) is 2. The normalized spacial score (nSPS) is 22.3. The van der Waals surface area contributed by atoms with Gasteiger partial charge in [0.1, 0.15) is 30.5 Å². The summed E-state index contributed by atoms with van der Waals surface area (Å²) in [6.07, 6.45) is -0.800. The molecule has 3 aromatic carbocycles. The maximum absolute atomic E-state index is 12.4. The van der Waals surface area contributed by atoms with Crippen molar-refractivity contribution >= 4 is 28.1 Å². The Morgan fingerprint density at radius 2 is 1.39 bits per heavy atom. The summed E-state index contributed by atoms with van der Waals surface area (Å²) in [4.78, 5) is 9.03. The molecule has 6 rings (SSSR count). The molecular weight excluding hydrogens is 538 g/mol. The SMILES string of the molecule is Nc1ncnc2c(C3(O)O[C@H](COCc4ccccc4)[C@@H](OCc4ccccc4)[C@H]3OCc3ccccc3)scc12. The van der Waals surface area contributed by atoms with Gasteiger partial charge in [-0.15, -0.1) is 11.3 Å². The van der Waals surface area contributed by atoms with Crippen LogP contribution >= 0.6 is 11.3 Å². The molecule has 1 aliphatic heterocycles. The number of nitrogens with two attached hydrogens (primary N) is 1. The highest BCUT2D eigenvalue weighted by atomic mass is 32.1. The van der Waals surface area contributed by atoms with Crippen LogP contribution in [0.1, 0.15) is 21.6 Å². The first kappa shape index (κ1) is 27.5. The Balaban J connectivity index is 1.33. The monoisotopic (exact) mass is 569 g/mol. The predicted molar refractivity (Wildman–Crippen MR) is 157 cm³/mol. The summed E-state index contributed by atoms with van der Waals surface area (Å²) >= 11 is 1.30. The molecule has 1 fully saturated rings. The third kappa shape index (κ3) is 6.01. The standard InChI is InChI=1S/C32H31N3O5S/c33-31-25-20-41-30(27(25)34-21-35-31)32(36)29(39-18-24-14-8-3-9-15-24)28(38-17-23-12-6-2-7-13-23)26(40-32)19-37-16-22-10-4-1-5-11-22/h1-15,20-21,26,28-29,36H,16-19H2,(H2,33,34,35)/t26-,28-,29-,32?/m1/s1. The topological polar surface area (TPSA) is 109 Å². The van der Waals surface area contributed by atoms with Gasteiger partial charge in [0.05, 0.1) is 42.2 Å². The van der Waals surface area contributed by atoms with E-state index in [1.165, 1.54) is 17.7 Å². The van der Waals surface area contributed by atoms with Crippen molar-refractivity contribution in [3.63, 3.8) is 0 Å². The van der Waals surface area contributed by atoms with Crippen LogP contribution in [0.3, 0.4) is 0 Å². The van der Waals surface area contributed by atoms with Crippen LogP contribution in [0.25, 0.3) is 10.9 Å². The number of hydrogen-bond acceptors (Lipinski definition) is 9. The van der Waals surface area contributed by atoms with Gasteiger partial charge in [-0.25, -0.2) is 9.97 Å². The lowest BCUT2D eigenvalue weighted by atomic mass is 10.0. The van der Waals surface area contributed by atoms with E-state index in [0.29, 0.717) is 34.8 Å². The molecule has 0 aliphatic carbocycles. The Hall–Kier alpha value is -3.70. The zero-order valence-corrected chi connectivity index (χ0v) is 23.2. The molecule has 8 nitrogen and oxygen atoms in total. The Labute approximate surface area is 242 Å². The van der Waals surface area contributed by atoms with Gasteiger partial charge in [0.15, 0.2) is 0 Å². The van der Waals surface area contributed by atoms with E-state index in [0.717, 1.165) is 16.7 Å².